The second-order valence-corrected chi connectivity index (χ2v) is 8.57. The summed E-state index contributed by atoms with van der Waals surface area (Å²) in [6.07, 6.45) is 1.70. The molecule has 2 N–H and O–H groups in total. The van der Waals surface area contributed by atoms with Crippen molar-refractivity contribution in [1.82, 2.24) is 4.98 Å². The van der Waals surface area contributed by atoms with Crippen LogP contribution in [-0.2, 0) is 10.0 Å². The lowest BCUT2D eigenvalue weighted by Gasteiger charge is -2.11. The van der Waals surface area contributed by atoms with E-state index in [9.17, 15) is 13.2 Å². The first-order chi connectivity index (χ1) is 14.4. The number of rotatable bonds is 5. The summed E-state index contributed by atoms with van der Waals surface area (Å²) in [6, 6.07) is 21.4. The Morgan fingerprint density at radius 1 is 0.900 bits per heavy atom. The van der Waals surface area contributed by atoms with Crippen molar-refractivity contribution in [2.24, 2.45) is 0 Å². The predicted molar refractivity (Wildman–Crippen MR) is 118 cm³/mol. The molecule has 8 heteroatoms. The molecule has 0 aliphatic rings. The number of hydrogen-bond acceptors (Lipinski definition) is 4. The number of pyridine rings is 1. The lowest BCUT2D eigenvalue weighted by Crippen LogP contribution is -2.16. The summed E-state index contributed by atoms with van der Waals surface area (Å²) in [6.45, 7) is 0. The van der Waals surface area contributed by atoms with Crippen molar-refractivity contribution in [2.45, 2.75) is 4.90 Å². The molecule has 0 radical (unpaired) electrons. The minimum absolute atomic E-state index is 0.0437. The van der Waals surface area contributed by atoms with E-state index < -0.39 is 15.9 Å². The van der Waals surface area contributed by atoms with Crippen LogP contribution in [0.25, 0.3) is 10.9 Å². The van der Waals surface area contributed by atoms with Crippen molar-refractivity contribution in [3.8, 4) is 0 Å². The summed E-state index contributed by atoms with van der Waals surface area (Å²) in [5, 5.41) is 3.95. The van der Waals surface area contributed by atoms with Crippen molar-refractivity contribution in [2.75, 3.05) is 10.0 Å². The number of hydrogen-bond donors (Lipinski definition) is 2. The van der Waals surface area contributed by atoms with Crippen LogP contribution < -0.4 is 10.0 Å². The number of sulfonamides is 1. The Morgan fingerprint density at radius 3 is 2.57 bits per heavy atom. The van der Waals surface area contributed by atoms with Crippen LogP contribution in [0.5, 0.6) is 0 Å². The number of benzene rings is 3. The van der Waals surface area contributed by atoms with Gasteiger partial charge in [0.1, 0.15) is 0 Å². The van der Waals surface area contributed by atoms with Gasteiger partial charge in [0.25, 0.3) is 15.9 Å². The fourth-order valence-electron chi connectivity index (χ4n) is 2.91. The topological polar surface area (TPSA) is 88.2 Å². The monoisotopic (exact) mass is 437 g/mol. The Balaban J connectivity index is 1.57. The van der Waals surface area contributed by atoms with Crippen LogP contribution in [0, 0.1) is 0 Å². The van der Waals surface area contributed by atoms with Gasteiger partial charge >= 0.3 is 0 Å². The third-order valence-electron chi connectivity index (χ3n) is 4.39. The fraction of sp³-hybridized carbons (Fsp3) is 0. The molecular weight excluding hydrogens is 422 g/mol. The number of carbonyl (C=O) groups excluding carboxylic acids is 1. The molecule has 150 valence electrons. The lowest BCUT2D eigenvalue weighted by atomic mass is 10.1. The molecule has 1 amide bonds. The van der Waals surface area contributed by atoms with E-state index in [-0.39, 0.29) is 21.2 Å². The number of nitrogens with zero attached hydrogens (tertiary/aromatic N) is 1. The largest absolute Gasteiger partial charge is 0.322 e. The van der Waals surface area contributed by atoms with Crippen LogP contribution in [0.1, 0.15) is 10.4 Å². The maximum Gasteiger partial charge on any atom is 0.261 e. The highest BCUT2D eigenvalue weighted by molar-refractivity contribution is 7.92. The van der Waals surface area contributed by atoms with E-state index >= 15 is 0 Å². The summed E-state index contributed by atoms with van der Waals surface area (Å²) in [4.78, 5) is 16.9. The summed E-state index contributed by atoms with van der Waals surface area (Å²) in [7, 11) is -3.92. The molecule has 4 aromatic rings. The highest BCUT2D eigenvalue weighted by Crippen LogP contribution is 2.24. The summed E-state index contributed by atoms with van der Waals surface area (Å²) in [5.74, 6) is -0.423. The number of amides is 1. The zero-order valence-electron chi connectivity index (χ0n) is 15.5. The van der Waals surface area contributed by atoms with Gasteiger partial charge in [-0.2, -0.15) is 0 Å². The Labute approximate surface area is 178 Å². The van der Waals surface area contributed by atoms with Crippen LogP contribution in [0.4, 0.5) is 11.4 Å². The van der Waals surface area contributed by atoms with Gasteiger partial charge in [0.2, 0.25) is 0 Å². The Morgan fingerprint density at radius 2 is 1.73 bits per heavy atom. The van der Waals surface area contributed by atoms with Crippen molar-refractivity contribution < 1.29 is 13.2 Å². The Bertz CT molecular complexity index is 1360. The van der Waals surface area contributed by atoms with Crippen LogP contribution in [-0.4, -0.2) is 19.3 Å². The van der Waals surface area contributed by atoms with Crippen molar-refractivity contribution >= 4 is 49.8 Å². The second kappa shape index (κ2) is 8.14. The molecule has 0 atom stereocenters. The highest BCUT2D eigenvalue weighted by Gasteiger charge is 2.18. The van der Waals surface area contributed by atoms with E-state index in [1.54, 1.807) is 54.7 Å². The smallest absolute Gasteiger partial charge is 0.261 e. The van der Waals surface area contributed by atoms with Crippen molar-refractivity contribution in [3.63, 3.8) is 0 Å². The number of anilines is 2. The first kappa shape index (κ1) is 19.9. The van der Waals surface area contributed by atoms with Gasteiger partial charge in [0.05, 0.1) is 21.1 Å². The van der Waals surface area contributed by atoms with E-state index in [0.717, 1.165) is 10.9 Å². The Kier molecular flexibility index (Phi) is 5.39. The van der Waals surface area contributed by atoms with Gasteiger partial charge in [0.15, 0.2) is 0 Å². The van der Waals surface area contributed by atoms with Crippen molar-refractivity contribution in [3.05, 3.63) is 95.6 Å². The molecule has 4 rings (SSSR count). The molecule has 0 aliphatic carbocycles. The van der Waals surface area contributed by atoms with E-state index in [2.05, 4.69) is 15.0 Å². The third-order valence-corrected chi connectivity index (χ3v) is 6.08. The summed E-state index contributed by atoms with van der Waals surface area (Å²) >= 11 is 6.04. The van der Waals surface area contributed by atoms with Gasteiger partial charge in [-0.05, 0) is 54.6 Å². The molecule has 6 nitrogen and oxygen atoms in total. The van der Waals surface area contributed by atoms with Gasteiger partial charge in [-0.1, -0.05) is 35.9 Å². The van der Waals surface area contributed by atoms with Crippen LogP contribution in [0.15, 0.2) is 90.0 Å². The molecule has 1 heterocycles. The maximum atomic E-state index is 12.7. The van der Waals surface area contributed by atoms with Crippen LogP contribution >= 0.6 is 11.6 Å². The van der Waals surface area contributed by atoms with Crippen molar-refractivity contribution in [1.29, 1.82) is 0 Å². The zero-order chi connectivity index (χ0) is 21.1. The number of nitrogens with one attached hydrogen (secondary N) is 2. The minimum atomic E-state index is -3.92. The second-order valence-electron chi connectivity index (χ2n) is 6.48. The number of carbonyl (C=O) groups is 1. The standard InChI is InChI=1S/C22H16ClN3O3S/c23-19-8-1-2-9-21(19)26-30(28,29)18-7-3-5-16(14-18)22(27)25-17-10-11-20-15(13-17)6-4-12-24-20/h1-14,26H,(H,25,27). The molecule has 0 saturated carbocycles. The SMILES string of the molecule is O=C(Nc1ccc2ncccc2c1)c1cccc(S(=O)(=O)Nc2ccccc2Cl)c1. The molecule has 0 saturated heterocycles. The minimum Gasteiger partial charge on any atom is -0.322 e. The van der Waals surface area contributed by atoms with Gasteiger partial charge in [0, 0.05) is 22.8 Å². The van der Waals surface area contributed by atoms with E-state index in [4.69, 9.17) is 11.6 Å². The average Bonchev–Trinajstić information content (AvgIpc) is 2.75. The molecule has 0 unspecified atom stereocenters. The number of fused-ring (bicyclic) bond motifs is 1. The molecule has 30 heavy (non-hydrogen) atoms. The number of aromatic nitrogens is 1. The molecule has 0 fully saturated rings. The summed E-state index contributed by atoms with van der Waals surface area (Å²) in [5.41, 5.74) is 1.87. The summed E-state index contributed by atoms with van der Waals surface area (Å²) < 4.78 is 27.9. The molecule has 3 aromatic carbocycles. The van der Waals surface area contributed by atoms with E-state index in [0.29, 0.717) is 5.69 Å². The average molecular weight is 438 g/mol. The maximum absolute atomic E-state index is 12.7. The Hall–Kier alpha value is -3.42. The van der Waals surface area contributed by atoms with E-state index in [1.807, 2.05) is 12.1 Å². The first-order valence-electron chi connectivity index (χ1n) is 8.96. The lowest BCUT2D eigenvalue weighted by molar-refractivity contribution is 0.102. The van der Waals surface area contributed by atoms with Gasteiger partial charge in [-0.15, -0.1) is 0 Å². The molecular formula is C22H16ClN3O3S. The van der Waals surface area contributed by atoms with Gasteiger partial charge in [-0.25, -0.2) is 8.42 Å². The van der Waals surface area contributed by atoms with Gasteiger partial charge < -0.3 is 5.32 Å². The predicted octanol–water partition coefficient (Wildman–Crippen LogP) is 4.94. The van der Waals surface area contributed by atoms with Crippen LogP contribution in [0.2, 0.25) is 5.02 Å². The molecule has 0 aliphatic heterocycles. The van der Waals surface area contributed by atoms with Crippen LogP contribution in [0.3, 0.4) is 0 Å². The zero-order valence-corrected chi connectivity index (χ0v) is 17.1. The van der Waals surface area contributed by atoms with E-state index in [1.165, 1.54) is 18.2 Å². The number of halogens is 1. The number of para-hydroxylation sites is 1. The highest BCUT2D eigenvalue weighted by atomic mass is 35.5. The first-order valence-corrected chi connectivity index (χ1v) is 10.8. The quantitative estimate of drug-likeness (QED) is 0.462. The van der Waals surface area contributed by atoms with Gasteiger partial charge in [-0.3, -0.25) is 14.5 Å². The molecule has 0 bridgehead atoms. The third kappa shape index (κ3) is 4.27. The fourth-order valence-corrected chi connectivity index (χ4v) is 4.27. The molecule has 0 spiro atoms. The molecule has 1 aromatic heterocycles. The normalized spacial score (nSPS) is 11.2.